The van der Waals surface area contributed by atoms with Crippen molar-refractivity contribution >= 4 is 11.8 Å². The van der Waals surface area contributed by atoms with E-state index in [1.54, 1.807) is 29.0 Å². The average molecular weight is 301 g/mol. The van der Waals surface area contributed by atoms with Gasteiger partial charge in [-0.3, -0.25) is 0 Å². The van der Waals surface area contributed by atoms with E-state index in [1.165, 1.54) is 0 Å². The molecule has 3 rings (SSSR count). The fourth-order valence-corrected chi connectivity index (χ4v) is 2.63. The van der Waals surface area contributed by atoms with Crippen LogP contribution in [0.1, 0.15) is 5.56 Å². The van der Waals surface area contributed by atoms with E-state index >= 15 is 0 Å². The Kier molecular flexibility index (Phi) is 4.65. The van der Waals surface area contributed by atoms with Gasteiger partial charge in [-0.15, -0.1) is 5.10 Å². The highest BCUT2D eigenvalue weighted by molar-refractivity contribution is 7.99. The Morgan fingerprint density at radius 1 is 1.19 bits per heavy atom. The summed E-state index contributed by atoms with van der Waals surface area (Å²) in [4.78, 5) is 0. The van der Waals surface area contributed by atoms with Crippen LogP contribution in [0.4, 0.5) is 0 Å². The second-order valence-electron chi connectivity index (χ2n) is 4.37. The van der Waals surface area contributed by atoms with E-state index in [-0.39, 0.29) is 0 Å². The fourth-order valence-electron chi connectivity index (χ4n) is 1.84. The first-order valence-corrected chi connectivity index (χ1v) is 7.60. The molecule has 1 aromatic carbocycles. The van der Waals surface area contributed by atoms with Gasteiger partial charge in [-0.2, -0.15) is 4.68 Å². The number of benzene rings is 1. The van der Waals surface area contributed by atoms with Gasteiger partial charge in [0.25, 0.3) is 0 Å². The summed E-state index contributed by atoms with van der Waals surface area (Å²) in [7, 11) is 0. The zero-order valence-electron chi connectivity index (χ0n) is 11.3. The minimum atomic E-state index is 0.798. The molecule has 0 amide bonds. The Hall–Kier alpha value is -2.12. The van der Waals surface area contributed by atoms with Gasteiger partial charge in [0.05, 0.1) is 18.2 Å². The number of aromatic nitrogens is 4. The smallest absolute Gasteiger partial charge is 0.214 e. The summed E-state index contributed by atoms with van der Waals surface area (Å²) in [6.45, 7) is 1.68. The van der Waals surface area contributed by atoms with Crippen molar-refractivity contribution in [2.75, 3.05) is 12.3 Å². The lowest BCUT2D eigenvalue weighted by Gasteiger charge is -2.04. The van der Waals surface area contributed by atoms with Gasteiger partial charge in [0.15, 0.2) is 0 Å². The second-order valence-corrected chi connectivity index (χ2v) is 5.43. The number of thioether (sulfide) groups is 1. The molecule has 0 fully saturated rings. The largest absolute Gasteiger partial charge is 0.472 e. The number of hydrogen-bond donors (Lipinski definition) is 1. The van der Waals surface area contributed by atoms with Gasteiger partial charge in [0, 0.05) is 24.4 Å². The number of tetrazole rings is 1. The van der Waals surface area contributed by atoms with Crippen LogP contribution in [0.15, 0.2) is 58.5 Å². The van der Waals surface area contributed by atoms with E-state index in [2.05, 4.69) is 20.8 Å². The third-order valence-corrected chi connectivity index (χ3v) is 3.78. The molecule has 0 saturated carbocycles. The zero-order valence-corrected chi connectivity index (χ0v) is 12.2. The minimum Gasteiger partial charge on any atom is -0.472 e. The SMILES string of the molecule is c1ccc(-n2nnnc2SCCNCc2ccoc2)cc1. The van der Waals surface area contributed by atoms with Crippen LogP contribution in [0.25, 0.3) is 5.69 Å². The first-order chi connectivity index (χ1) is 10.4. The van der Waals surface area contributed by atoms with Crippen molar-refractivity contribution in [2.24, 2.45) is 0 Å². The van der Waals surface area contributed by atoms with Crippen molar-refractivity contribution in [3.63, 3.8) is 0 Å². The Morgan fingerprint density at radius 2 is 2.10 bits per heavy atom. The van der Waals surface area contributed by atoms with Crippen LogP contribution >= 0.6 is 11.8 Å². The van der Waals surface area contributed by atoms with E-state index < -0.39 is 0 Å². The predicted octanol–water partition coefficient (Wildman–Crippen LogP) is 2.14. The van der Waals surface area contributed by atoms with Crippen molar-refractivity contribution in [3.05, 3.63) is 54.5 Å². The van der Waals surface area contributed by atoms with Gasteiger partial charge >= 0.3 is 0 Å². The first kappa shape index (κ1) is 13.8. The number of nitrogens with one attached hydrogen (secondary N) is 1. The molecule has 0 saturated heterocycles. The molecule has 3 aromatic rings. The molecule has 0 aliphatic carbocycles. The minimum absolute atomic E-state index is 0.798. The van der Waals surface area contributed by atoms with Gasteiger partial charge in [-0.25, -0.2) is 0 Å². The standard InChI is InChI=1S/C14H15N5OS/c1-2-4-13(5-3-1)19-14(16-17-18-19)21-9-7-15-10-12-6-8-20-11-12/h1-6,8,11,15H,7,9-10H2. The molecular weight excluding hydrogens is 286 g/mol. The molecule has 0 radical (unpaired) electrons. The lowest BCUT2D eigenvalue weighted by atomic mass is 10.3. The van der Waals surface area contributed by atoms with Crippen LogP contribution in [-0.4, -0.2) is 32.5 Å². The predicted molar refractivity (Wildman–Crippen MR) is 80.3 cm³/mol. The highest BCUT2D eigenvalue weighted by Crippen LogP contribution is 2.17. The van der Waals surface area contributed by atoms with Gasteiger partial charge in [-0.05, 0) is 28.6 Å². The molecule has 2 heterocycles. The van der Waals surface area contributed by atoms with E-state index in [9.17, 15) is 0 Å². The monoisotopic (exact) mass is 301 g/mol. The molecular formula is C14H15N5OS. The third kappa shape index (κ3) is 3.71. The molecule has 0 atom stereocenters. The quantitative estimate of drug-likeness (QED) is 0.532. The van der Waals surface area contributed by atoms with Crippen molar-refractivity contribution in [1.82, 2.24) is 25.5 Å². The average Bonchev–Trinajstić information content (AvgIpc) is 3.19. The highest BCUT2D eigenvalue weighted by Gasteiger charge is 2.07. The summed E-state index contributed by atoms with van der Waals surface area (Å²) in [5.74, 6) is 0.894. The molecule has 21 heavy (non-hydrogen) atoms. The van der Waals surface area contributed by atoms with Crippen LogP contribution in [0.3, 0.4) is 0 Å². The second kappa shape index (κ2) is 7.05. The molecule has 6 nitrogen and oxygen atoms in total. The topological polar surface area (TPSA) is 68.8 Å². The third-order valence-electron chi connectivity index (χ3n) is 2.86. The molecule has 7 heteroatoms. The molecule has 0 spiro atoms. The molecule has 1 N–H and O–H groups in total. The Bertz CT molecular complexity index is 653. The maximum Gasteiger partial charge on any atom is 0.214 e. The summed E-state index contributed by atoms with van der Waals surface area (Å²) in [6.07, 6.45) is 3.43. The van der Waals surface area contributed by atoms with E-state index in [1.807, 2.05) is 36.4 Å². The van der Waals surface area contributed by atoms with Crippen LogP contribution < -0.4 is 5.32 Å². The van der Waals surface area contributed by atoms with Crippen LogP contribution in [0.5, 0.6) is 0 Å². The number of rotatable bonds is 7. The normalized spacial score (nSPS) is 10.9. The van der Waals surface area contributed by atoms with Gasteiger partial charge in [-0.1, -0.05) is 30.0 Å². The number of hydrogen-bond acceptors (Lipinski definition) is 6. The number of furan rings is 1. The lowest BCUT2D eigenvalue weighted by molar-refractivity contribution is 0.561. The molecule has 0 aliphatic rings. The van der Waals surface area contributed by atoms with Gasteiger partial charge in [0.1, 0.15) is 0 Å². The van der Waals surface area contributed by atoms with E-state index in [0.29, 0.717) is 0 Å². The first-order valence-electron chi connectivity index (χ1n) is 6.62. The maximum absolute atomic E-state index is 5.02. The van der Waals surface area contributed by atoms with Crippen LogP contribution in [0.2, 0.25) is 0 Å². The Labute approximate surface area is 126 Å². The van der Waals surface area contributed by atoms with Gasteiger partial charge < -0.3 is 9.73 Å². The molecule has 2 aromatic heterocycles. The fraction of sp³-hybridized carbons (Fsp3) is 0.214. The highest BCUT2D eigenvalue weighted by atomic mass is 32.2. The van der Waals surface area contributed by atoms with Crippen molar-refractivity contribution in [2.45, 2.75) is 11.7 Å². The number of nitrogens with zero attached hydrogens (tertiary/aromatic N) is 4. The Morgan fingerprint density at radius 3 is 2.90 bits per heavy atom. The van der Waals surface area contributed by atoms with E-state index in [4.69, 9.17) is 4.42 Å². The maximum atomic E-state index is 5.02. The van der Waals surface area contributed by atoms with E-state index in [0.717, 1.165) is 35.2 Å². The number of para-hydroxylation sites is 1. The van der Waals surface area contributed by atoms with Crippen LogP contribution in [0, 0.1) is 0 Å². The molecule has 0 unspecified atom stereocenters. The Balaban J connectivity index is 1.49. The molecule has 108 valence electrons. The lowest BCUT2D eigenvalue weighted by Crippen LogP contribution is -2.16. The summed E-state index contributed by atoms with van der Waals surface area (Å²) >= 11 is 1.63. The summed E-state index contributed by atoms with van der Waals surface area (Å²) in [6, 6.07) is 11.8. The molecule has 0 aliphatic heterocycles. The van der Waals surface area contributed by atoms with Crippen molar-refractivity contribution < 1.29 is 4.42 Å². The van der Waals surface area contributed by atoms with Crippen molar-refractivity contribution in [3.8, 4) is 5.69 Å². The zero-order chi connectivity index (χ0) is 14.3. The van der Waals surface area contributed by atoms with Crippen molar-refractivity contribution in [1.29, 1.82) is 0 Å². The summed E-state index contributed by atoms with van der Waals surface area (Å²) < 4.78 is 6.77. The van der Waals surface area contributed by atoms with Gasteiger partial charge in [0.2, 0.25) is 5.16 Å². The summed E-state index contributed by atoms with van der Waals surface area (Å²) in [5.41, 5.74) is 2.12. The molecule has 0 bridgehead atoms. The summed E-state index contributed by atoms with van der Waals surface area (Å²) in [5, 5.41) is 16.0. The van der Waals surface area contributed by atoms with Crippen LogP contribution in [-0.2, 0) is 6.54 Å².